The molecular formula is C9H11BrN2. The Labute approximate surface area is 80.6 Å². The Balaban J connectivity index is 2.68. The van der Waals surface area contributed by atoms with Gasteiger partial charge in [-0.25, -0.2) is 4.98 Å². The number of pyridine rings is 1. The maximum absolute atomic E-state index is 5.63. The molecule has 0 saturated heterocycles. The summed E-state index contributed by atoms with van der Waals surface area (Å²) in [5, 5.41) is 0.976. The van der Waals surface area contributed by atoms with Crippen LogP contribution in [0.1, 0.15) is 12.0 Å². The zero-order chi connectivity index (χ0) is 8.81. The third-order valence-corrected chi connectivity index (χ3v) is 1.90. The third kappa shape index (κ3) is 2.66. The van der Waals surface area contributed by atoms with Gasteiger partial charge in [-0.1, -0.05) is 28.1 Å². The van der Waals surface area contributed by atoms with Crippen LogP contribution in [0.15, 0.2) is 24.4 Å². The highest BCUT2D eigenvalue weighted by molar-refractivity contribution is 9.09. The Morgan fingerprint density at radius 2 is 2.42 bits per heavy atom. The molecule has 64 valence electrons. The molecule has 0 aliphatic heterocycles. The van der Waals surface area contributed by atoms with Gasteiger partial charge in [0.05, 0.1) is 0 Å². The molecule has 0 aliphatic carbocycles. The van der Waals surface area contributed by atoms with E-state index in [-0.39, 0.29) is 0 Å². The number of aromatic nitrogens is 1. The van der Waals surface area contributed by atoms with Gasteiger partial charge in [0.15, 0.2) is 0 Å². The van der Waals surface area contributed by atoms with E-state index in [1.165, 1.54) is 0 Å². The number of halogens is 1. The van der Waals surface area contributed by atoms with Crippen LogP contribution in [-0.2, 0) is 0 Å². The molecule has 1 rings (SSSR count). The molecule has 0 amide bonds. The van der Waals surface area contributed by atoms with E-state index in [1.54, 1.807) is 6.20 Å². The zero-order valence-corrected chi connectivity index (χ0v) is 8.29. The van der Waals surface area contributed by atoms with Gasteiger partial charge in [-0.3, -0.25) is 0 Å². The van der Waals surface area contributed by atoms with Crippen molar-refractivity contribution in [3.05, 3.63) is 30.0 Å². The van der Waals surface area contributed by atoms with E-state index in [2.05, 4.69) is 27.0 Å². The van der Waals surface area contributed by atoms with Crippen LogP contribution in [0.2, 0.25) is 0 Å². The Bertz CT molecular complexity index is 271. The topological polar surface area (TPSA) is 38.9 Å². The first-order valence-electron chi connectivity index (χ1n) is 3.77. The van der Waals surface area contributed by atoms with Crippen LogP contribution in [0.4, 0.5) is 5.82 Å². The fourth-order valence-corrected chi connectivity index (χ4v) is 1.11. The highest BCUT2D eigenvalue weighted by Crippen LogP contribution is 2.09. The van der Waals surface area contributed by atoms with E-state index in [0.29, 0.717) is 5.82 Å². The zero-order valence-electron chi connectivity index (χ0n) is 6.70. The monoisotopic (exact) mass is 226 g/mol. The summed E-state index contributed by atoms with van der Waals surface area (Å²) in [5.41, 5.74) is 6.61. The van der Waals surface area contributed by atoms with Crippen molar-refractivity contribution in [3.63, 3.8) is 0 Å². The second-order valence-electron chi connectivity index (χ2n) is 2.36. The van der Waals surface area contributed by atoms with Gasteiger partial charge in [-0.05, 0) is 18.6 Å². The van der Waals surface area contributed by atoms with Crippen LogP contribution < -0.4 is 5.73 Å². The van der Waals surface area contributed by atoms with Gasteiger partial charge in [0.1, 0.15) is 5.82 Å². The maximum Gasteiger partial charge on any atom is 0.130 e. The van der Waals surface area contributed by atoms with Gasteiger partial charge >= 0.3 is 0 Å². The lowest BCUT2D eigenvalue weighted by atomic mass is 10.2. The molecular weight excluding hydrogens is 216 g/mol. The van der Waals surface area contributed by atoms with E-state index in [4.69, 9.17) is 5.73 Å². The van der Waals surface area contributed by atoms with Crippen molar-refractivity contribution in [2.45, 2.75) is 6.42 Å². The van der Waals surface area contributed by atoms with Crippen molar-refractivity contribution >= 4 is 27.8 Å². The van der Waals surface area contributed by atoms with Crippen molar-refractivity contribution in [1.82, 2.24) is 4.98 Å². The van der Waals surface area contributed by atoms with Gasteiger partial charge < -0.3 is 5.73 Å². The van der Waals surface area contributed by atoms with E-state index in [9.17, 15) is 0 Å². The molecule has 1 heterocycles. The fraction of sp³-hybridized carbons (Fsp3) is 0.222. The van der Waals surface area contributed by atoms with Crippen molar-refractivity contribution in [3.8, 4) is 0 Å². The predicted octanol–water partition coefficient (Wildman–Crippen LogP) is 2.46. The number of nitrogens with two attached hydrogens (primary N) is 1. The lowest BCUT2D eigenvalue weighted by Crippen LogP contribution is -1.91. The average molecular weight is 227 g/mol. The molecule has 0 saturated carbocycles. The maximum atomic E-state index is 5.63. The number of anilines is 1. The predicted molar refractivity (Wildman–Crippen MR) is 56.1 cm³/mol. The molecule has 0 aliphatic rings. The molecule has 0 radical (unpaired) electrons. The Hall–Kier alpha value is -0.830. The molecule has 3 heteroatoms. The van der Waals surface area contributed by atoms with Crippen molar-refractivity contribution in [1.29, 1.82) is 0 Å². The highest BCUT2D eigenvalue weighted by Gasteiger charge is 1.91. The fourth-order valence-electron chi connectivity index (χ4n) is 0.844. The molecule has 0 unspecified atom stereocenters. The van der Waals surface area contributed by atoms with Gasteiger partial charge in [0.25, 0.3) is 0 Å². The normalized spacial score (nSPS) is 10.8. The van der Waals surface area contributed by atoms with Crippen LogP contribution in [0.3, 0.4) is 0 Å². The van der Waals surface area contributed by atoms with Crippen LogP contribution in [-0.4, -0.2) is 10.3 Å². The van der Waals surface area contributed by atoms with E-state index in [1.807, 2.05) is 18.2 Å². The van der Waals surface area contributed by atoms with Gasteiger partial charge in [-0.15, -0.1) is 0 Å². The van der Waals surface area contributed by atoms with E-state index < -0.39 is 0 Å². The average Bonchev–Trinajstić information content (AvgIpc) is 2.09. The summed E-state index contributed by atoms with van der Waals surface area (Å²) in [7, 11) is 0. The first-order valence-corrected chi connectivity index (χ1v) is 4.89. The summed E-state index contributed by atoms with van der Waals surface area (Å²) in [5.74, 6) is 0.586. The SMILES string of the molecule is Nc1ncccc1C=CCCBr. The molecule has 0 atom stereocenters. The van der Waals surface area contributed by atoms with Crippen molar-refractivity contribution in [2.24, 2.45) is 0 Å². The molecule has 0 bridgehead atoms. The minimum absolute atomic E-state index is 0.586. The van der Waals surface area contributed by atoms with E-state index in [0.717, 1.165) is 17.3 Å². The minimum Gasteiger partial charge on any atom is -0.383 e. The third-order valence-electron chi connectivity index (χ3n) is 1.44. The largest absolute Gasteiger partial charge is 0.383 e. The lowest BCUT2D eigenvalue weighted by molar-refractivity contribution is 1.27. The molecule has 2 nitrogen and oxygen atoms in total. The molecule has 12 heavy (non-hydrogen) atoms. The molecule has 0 fully saturated rings. The van der Waals surface area contributed by atoms with Crippen LogP contribution >= 0.6 is 15.9 Å². The van der Waals surface area contributed by atoms with Crippen molar-refractivity contribution < 1.29 is 0 Å². The minimum atomic E-state index is 0.586. The Kier molecular flexibility index (Phi) is 3.80. The second kappa shape index (κ2) is 4.93. The number of nitrogens with zero attached hydrogens (tertiary/aromatic N) is 1. The van der Waals surface area contributed by atoms with Gasteiger partial charge in [-0.2, -0.15) is 0 Å². The summed E-state index contributed by atoms with van der Waals surface area (Å²) in [6, 6.07) is 3.83. The molecule has 0 aromatic carbocycles. The van der Waals surface area contributed by atoms with Crippen LogP contribution in [0.25, 0.3) is 6.08 Å². The second-order valence-corrected chi connectivity index (χ2v) is 3.15. The Morgan fingerprint density at radius 3 is 3.08 bits per heavy atom. The summed E-state index contributed by atoms with van der Waals surface area (Å²) < 4.78 is 0. The number of alkyl halides is 1. The van der Waals surface area contributed by atoms with E-state index >= 15 is 0 Å². The summed E-state index contributed by atoms with van der Waals surface area (Å²) >= 11 is 3.34. The van der Waals surface area contributed by atoms with Gasteiger partial charge in [0.2, 0.25) is 0 Å². The Morgan fingerprint density at radius 1 is 1.58 bits per heavy atom. The highest BCUT2D eigenvalue weighted by atomic mass is 79.9. The van der Waals surface area contributed by atoms with Crippen LogP contribution in [0, 0.1) is 0 Å². The molecule has 2 N–H and O–H groups in total. The number of hydrogen-bond acceptors (Lipinski definition) is 2. The van der Waals surface area contributed by atoms with Gasteiger partial charge in [0, 0.05) is 17.1 Å². The molecule has 1 aromatic heterocycles. The lowest BCUT2D eigenvalue weighted by Gasteiger charge is -1.96. The number of allylic oxidation sites excluding steroid dienone is 1. The number of hydrogen-bond donors (Lipinski definition) is 1. The van der Waals surface area contributed by atoms with Crippen LogP contribution in [0.5, 0.6) is 0 Å². The van der Waals surface area contributed by atoms with Crippen molar-refractivity contribution in [2.75, 3.05) is 11.1 Å². The first-order chi connectivity index (χ1) is 5.84. The smallest absolute Gasteiger partial charge is 0.130 e. The molecule has 1 aromatic rings. The summed E-state index contributed by atoms with van der Waals surface area (Å²) in [6.45, 7) is 0. The summed E-state index contributed by atoms with van der Waals surface area (Å²) in [6.07, 6.45) is 6.76. The summed E-state index contributed by atoms with van der Waals surface area (Å²) in [4.78, 5) is 3.97. The number of nitrogen functional groups attached to an aromatic ring is 1. The first kappa shape index (κ1) is 9.26. The molecule has 0 spiro atoms. The standard InChI is InChI=1S/C9H11BrN2/c10-6-2-1-4-8-5-3-7-12-9(8)11/h1,3-5,7H,2,6H2,(H2,11,12). The number of rotatable bonds is 3. The quantitative estimate of drug-likeness (QED) is 0.805.